The third-order valence-corrected chi connectivity index (χ3v) is 8.38. The number of carbonyl (C=O) groups excluding carboxylic acids is 1. The largest absolute Gasteiger partial charge is 0.479 e. The molecular formula is C20H28O5. The summed E-state index contributed by atoms with van der Waals surface area (Å²) >= 11 is 0. The van der Waals surface area contributed by atoms with Gasteiger partial charge in [0.15, 0.2) is 5.60 Å². The predicted octanol–water partition coefficient (Wildman–Crippen LogP) is 2.30. The number of Topliss-reactive ketones (excluding diaryl/α,β-unsaturated/α-hetero) is 1. The fraction of sp³-hybridized carbons (Fsp3) is 0.800. The zero-order valence-corrected chi connectivity index (χ0v) is 15.0. The monoisotopic (exact) mass is 348 g/mol. The Morgan fingerprint density at radius 2 is 2.00 bits per heavy atom. The van der Waals surface area contributed by atoms with Gasteiger partial charge >= 0.3 is 5.97 Å². The predicted molar refractivity (Wildman–Crippen MR) is 90.7 cm³/mol. The van der Waals surface area contributed by atoms with Crippen molar-refractivity contribution in [3.63, 3.8) is 0 Å². The van der Waals surface area contributed by atoms with E-state index >= 15 is 0 Å². The van der Waals surface area contributed by atoms with E-state index in [1.165, 1.54) is 5.57 Å². The standard InChI is InChI=1S/C20H28O5/c1-18-7-5-12(21)9-11(18)3-4-13-14-6-8-20(25,17(23)24)19(14,2)10-15(22)16(13)18/h3,13-16,22,25H,4-10H2,1-2H3,(H,23,24)/t13-,14-,15-,16+,18-,19-,20-/m0/s1. The van der Waals surface area contributed by atoms with E-state index < -0.39 is 23.1 Å². The van der Waals surface area contributed by atoms with E-state index in [0.717, 1.165) is 12.8 Å². The summed E-state index contributed by atoms with van der Waals surface area (Å²) in [5, 5.41) is 31.6. The summed E-state index contributed by atoms with van der Waals surface area (Å²) in [6.07, 6.45) is 5.39. The topological polar surface area (TPSA) is 94.8 Å². The number of carboxylic acid groups (broad SMARTS) is 1. The summed E-state index contributed by atoms with van der Waals surface area (Å²) in [6, 6.07) is 0. The molecule has 5 nitrogen and oxygen atoms in total. The number of fused-ring (bicyclic) bond motifs is 5. The first kappa shape index (κ1) is 17.2. The Bertz CT molecular complexity index is 669. The summed E-state index contributed by atoms with van der Waals surface area (Å²) in [6.45, 7) is 4.02. The van der Waals surface area contributed by atoms with E-state index in [-0.39, 0.29) is 35.4 Å². The first-order valence-electron chi connectivity index (χ1n) is 9.48. The lowest BCUT2D eigenvalue weighted by molar-refractivity contribution is -0.192. The van der Waals surface area contributed by atoms with Crippen LogP contribution in [0.3, 0.4) is 0 Å². The Morgan fingerprint density at radius 1 is 1.28 bits per heavy atom. The van der Waals surface area contributed by atoms with Gasteiger partial charge in [0, 0.05) is 18.3 Å². The molecule has 0 aromatic carbocycles. The highest BCUT2D eigenvalue weighted by atomic mass is 16.4. The zero-order chi connectivity index (χ0) is 18.2. The lowest BCUT2D eigenvalue weighted by atomic mass is 9.46. The van der Waals surface area contributed by atoms with Gasteiger partial charge in [0.2, 0.25) is 0 Å². The molecule has 3 N–H and O–H groups in total. The quantitative estimate of drug-likeness (QED) is 0.632. The molecule has 0 heterocycles. The summed E-state index contributed by atoms with van der Waals surface area (Å²) in [5.74, 6) is -0.573. The minimum Gasteiger partial charge on any atom is -0.479 e. The van der Waals surface area contributed by atoms with E-state index in [4.69, 9.17) is 0 Å². The highest BCUT2D eigenvalue weighted by Crippen LogP contribution is 2.66. The molecular weight excluding hydrogens is 320 g/mol. The normalized spacial score (nSPS) is 52.0. The average Bonchev–Trinajstić information content (AvgIpc) is 2.80. The van der Waals surface area contributed by atoms with Gasteiger partial charge in [0.1, 0.15) is 5.78 Å². The van der Waals surface area contributed by atoms with Gasteiger partial charge in [-0.2, -0.15) is 0 Å². The molecule has 4 aliphatic carbocycles. The molecule has 0 aromatic heterocycles. The van der Waals surface area contributed by atoms with Crippen LogP contribution in [0.15, 0.2) is 11.6 Å². The molecule has 25 heavy (non-hydrogen) atoms. The number of hydrogen-bond donors (Lipinski definition) is 3. The molecule has 3 fully saturated rings. The fourth-order valence-electron chi connectivity index (χ4n) is 6.97. The van der Waals surface area contributed by atoms with Crippen molar-refractivity contribution >= 4 is 11.8 Å². The molecule has 0 unspecified atom stereocenters. The van der Waals surface area contributed by atoms with Crippen LogP contribution in [0.1, 0.15) is 58.8 Å². The van der Waals surface area contributed by atoms with E-state index in [0.29, 0.717) is 25.7 Å². The first-order valence-corrected chi connectivity index (χ1v) is 9.48. The molecule has 0 amide bonds. The summed E-state index contributed by atoms with van der Waals surface area (Å²) in [5.41, 5.74) is -1.57. The number of allylic oxidation sites excluding steroid dienone is 2. The second-order valence-electron chi connectivity index (χ2n) is 9.29. The lowest BCUT2D eigenvalue weighted by Crippen LogP contribution is -2.61. The van der Waals surface area contributed by atoms with Crippen LogP contribution >= 0.6 is 0 Å². The van der Waals surface area contributed by atoms with Crippen molar-refractivity contribution in [2.75, 3.05) is 0 Å². The van der Waals surface area contributed by atoms with Crippen LogP contribution in [0.25, 0.3) is 0 Å². The maximum absolute atomic E-state index is 11.9. The van der Waals surface area contributed by atoms with Crippen LogP contribution in [-0.4, -0.2) is 38.8 Å². The average molecular weight is 348 g/mol. The van der Waals surface area contributed by atoms with Gasteiger partial charge < -0.3 is 15.3 Å². The molecule has 3 saturated carbocycles. The number of ketones is 1. The molecule has 5 heteroatoms. The van der Waals surface area contributed by atoms with Gasteiger partial charge in [-0.15, -0.1) is 0 Å². The van der Waals surface area contributed by atoms with Crippen molar-refractivity contribution in [2.24, 2.45) is 28.6 Å². The molecule has 0 saturated heterocycles. The smallest absolute Gasteiger partial charge is 0.336 e. The van der Waals surface area contributed by atoms with E-state index in [1.807, 2.05) is 6.92 Å². The number of carboxylic acids is 1. The van der Waals surface area contributed by atoms with Crippen LogP contribution in [-0.2, 0) is 9.59 Å². The Hall–Kier alpha value is -1.20. The van der Waals surface area contributed by atoms with Crippen molar-refractivity contribution in [3.05, 3.63) is 11.6 Å². The second-order valence-corrected chi connectivity index (χ2v) is 9.29. The van der Waals surface area contributed by atoms with E-state index in [1.54, 1.807) is 0 Å². The molecule has 0 bridgehead atoms. The number of hydrogen-bond acceptors (Lipinski definition) is 4. The molecule has 4 rings (SSSR count). The van der Waals surface area contributed by atoms with Crippen LogP contribution in [0.2, 0.25) is 0 Å². The summed E-state index contributed by atoms with van der Waals surface area (Å²) < 4.78 is 0. The van der Waals surface area contributed by atoms with Crippen molar-refractivity contribution in [1.29, 1.82) is 0 Å². The van der Waals surface area contributed by atoms with Crippen molar-refractivity contribution in [1.82, 2.24) is 0 Å². The van der Waals surface area contributed by atoms with E-state index in [2.05, 4.69) is 13.0 Å². The minimum atomic E-state index is -1.75. The van der Waals surface area contributed by atoms with Gasteiger partial charge in [0.25, 0.3) is 0 Å². The molecule has 0 aromatic rings. The van der Waals surface area contributed by atoms with Gasteiger partial charge in [-0.3, -0.25) is 4.79 Å². The Kier molecular flexibility index (Phi) is 3.56. The Balaban J connectivity index is 1.76. The van der Waals surface area contributed by atoms with Crippen LogP contribution in [0.5, 0.6) is 0 Å². The second kappa shape index (κ2) is 5.17. The Labute approximate surface area is 148 Å². The SMILES string of the molecule is C[C@]12CCC(=O)CC1=CC[C@@H]1[C@@H]2[C@@H](O)C[C@@]2(C)[C@H]1CC[C@]2(O)C(=O)O. The minimum absolute atomic E-state index is 0.0508. The number of aliphatic hydroxyl groups is 2. The number of aliphatic carboxylic acids is 1. The van der Waals surface area contributed by atoms with Crippen molar-refractivity contribution in [2.45, 2.75) is 70.5 Å². The molecule has 0 aliphatic heterocycles. The molecule has 0 spiro atoms. The van der Waals surface area contributed by atoms with Gasteiger partial charge in [-0.1, -0.05) is 25.5 Å². The molecule has 0 radical (unpaired) electrons. The number of carbonyl (C=O) groups is 2. The first-order chi connectivity index (χ1) is 11.6. The van der Waals surface area contributed by atoms with Gasteiger partial charge in [-0.05, 0) is 55.3 Å². The van der Waals surface area contributed by atoms with Gasteiger partial charge in [-0.25, -0.2) is 4.79 Å². The zero-order valence-electron chi connectivity index (χ0n) is 15.0. The van der Waals surface area contributed by atoms with Crippen molar-refractivity contribution < 1.29 is 24.9 Å². The highest BCUT2D eigenvalue weighted by molar-refractivity contribution is 5.83. The van der Waals surface area contributed by atoms with E-state index in [9.17, 15) is 24.9 Å². The number of rotatable bonds is 1. The third-order valence-electron chi connectivity index (χ3n) is 8.38. The lowest BCUT2D eigenvalue weighted by Gasteiger charge is -2.59. The van der Waals surface area contributed by atoms with Crippen LogP contribution in [0.4, 0.5) is 0 Å². The maximum Gasteiger partial charge on any atom is 0.336 e. The van der Waals surface area contributed by atoms with Crippen LogP contribution < -0.4 is 0 Å². The molecule has 138 valence electrons. The maximum atomic E-state index is 11.9. The fourth-order valence-corrected chi connectivity index (χ4v) is 6.97. The molecule has 7 atom stereocenters. The van der Waals surface area contributed by atoms with Crippen LogP contribution in [0, 0.1) is 28.6 Å². The Morgan fingerprint density at radius 3 is 2.68 bits per heavy atom. The summed E-state index contributed by atoms with van der Waals surface area (Å²) in [7, 11) is 0. The van der Waals surface area contributed by atoms with Gasteiger partial charge in [0.05, 0.1) is 6.10 Å². The van der Waals surface area contributed by atoms with Crippen molar-refractivity contribution in [3.8, 4) is 0 Å². The highest BCUT2D eigenvalue weighted by Gasteiger charge is 2.68. The molecule has 4 aliphatic rings. The third kappa shape index (κ3) is 2.02. The summed E-state index contributed by atoms with van der Waals surface area (Å²) in [4.78, 5) is 23.7. The number of aliphatic hydroxyl groups excluding tert-OH is 1.